The predicted molar refractivity (Wildman–Crippen MR) is 118 cm³/mol. The first-order valence-electron chi connectivity index (χ1n) is 9.62. The molecule has 0 saturated heterocycles. The molecule has 3 rings (SSSR count). The lowest BCUT2D eigenvalue weighted by molar-refractivity contribution is 0.0599. The average Bonchev–Trinajstić information content (AvgIpc) is 2.66. The fraction of sp³-hybridized carbons (Fsp3) is 0.292. The number of nitrogens with zero attached hydrogens (tertiary/aromatic N) is 2. The summed E-state index contributed by atoms with van der Waals surface area (Å²) < 4.78 is 5.70. The second-order valence-electron chi connectivity index (χ2n) is 7.85. The van der Waals surface area contributed by atoms with Crippen LogP contribution in [0.25, 0.3) is 10.8 Å². The van der Waals surface area contributed by atoms with Gasteiger partial charge in [-0.2, -0.15) is 0 Å². The van der Waals surface area contributed by atoms with Gasteiger partial charge in [0, 0.05) is 24.7 Å². The van der Waals surface area contributed by atoms with E-state index >= 15 is 0 Å². The molecule has 0 aliphatic carbocycles. The third-order valence-electron chi connectivity index (χ3n) is 4.58. The van der Waals surface area contributed by atoms with Gasteiger partial charge in [0.2, 0.25) is 0 Å². The van der Waals surface area contributed by atoms with E-state index in [0.29, 0.717) is 0 Å². The van der Waals surface area contributed by atoms with Crippen molar-refractivity contribution in [2.75, 3.05) is 23.4 Å². The number of amides is 1. The van der Waals surface area contributed by atoms with Gasteiger partial charge in [0.05, 0.1) is 11.4 Å². The monoisotopic (exact) mass is 376 g/mol. The smallest absolute Gasteiger partial charge is 0.419 e. The summed E-state index contributed by atoms with van der Waals surface area (Å²) in [5.41, 5.74) is 2.12. The molecule has 0 spiro atoms. The average molecular weight is 377 g/mol. The van der Waals surface area contributed by atoms with Gasteiger partial charge in [-0.1, -0.05) is 36.4 Å². The Morgan fingerprint density at radius 3 is 2.29 bits per heavy atom. The molecule has 0 radical (unpaired) electrons. The largest absolute Gasteiger partial charge is 0.443 e. The highest BCUT2D eigenvalue weighted by Crippen LogP contribution is 2.34. The van der Waals surface area contributed by atoms with Gasteiger partial charge in [-0.05, 0) is 63.4 Å². The normalized spacial score (nSPS) is 11.3. The molecule has 0 fully saturated rings. The summed E-state index contributed by atoms with van der Waals surface area (Å²) in [5.74, 6) is 0. The van der Waals surface area contributed by atoms with Gasteiger partial charge in [0.25, 0.3) is 0 Å². The van der Waals surface area contributed by atoms with Crippen molar-refractivity contribution in [3.05, 3.63) is 66.7 Å². The molecule has 3 aromatic rings. The molecule has 0 heterocycles. The highest BCUT2D eigenvalue weighted by Gasteiger charge is 2.25. The van der Waals surface area contributed by atoms with E-state index in [0.717, 1.165) is 34.4 Å². The van der Waals surface area contributed by atoms with Gasteiger partial charge in [-0.15, -0.1) is 0 Å². The quantitative estimate of drug-likeness (QED) is 0.530. The molecule has 0 aliphatic rings. The fourth-order valence-corrected chi connectivity index (χ4v) is 3.13. The van der Waals surface area contributed by atoms with E-state index in [9.17, 15) is 4.79 Å². The number of carbonyl (C=O) groups excluding carboxylic acids is 1. The first-order chi connectivity index (χ1) is 13.3. The minimum Gasteiger partial charge on any atom is -0.443 e. The van der Waals surface area contributed by atoms with Crippen LogP contribution in [-0.4, -0.2) is 25.3 Å². The second kappa shape index (κ2) is 7.93. The Labute approximate surface area is 167 Å². The Morgan fingerprint density at radius 2 is 1.64 bits per heavy atom. The van der Waals surface area contributed by atoms with E-state index in [1.54, 1.807) is 4.90 Å². The molecule has 0 aliphatic heterocycles. The van der Waals surface area contributed by atoms with Crippen molar-refractivity contribution in [1.82, 2.24) is 0 Å². The van der Waals surface area contributed by atoms with Crippen LogP contribution in [-0.2, 0) is 4.74 Å². The van der Waals surface area contributed by atoms with Crippen LogP contribution in [0.4, 0.5) is 21.9 Å². The van der Waals surface area contributed by atoms with E-state index in [4.69, 9.17) is 4.74 Å². The Kier molecular flexibility index (Phi) is 5.59. The number of carbonyl (C=O) groups is 1. The molecule has 0 saturated carbocycles. The zero-order valence-electron chi connectivity index (χ0n) is 17.3. The number of anilines is 3. The zero-order chi connectivity index (χ0) is 20.3. The lowest BCUT2D eigenvalue weighted by atomic mass is 10.1. The topological polar surface area (TPSA) is 32.8 Å². The Morgan fingerprint density at radius 1 is 0.929 bits per heavy atom. The third-order valence-corrected chi connectivity index (χ3v) is 4.58. The molecule has 0 bridgehead atoms. The Bertz CT molecular complexity index is 961. The fourth-order valence-electron chi connectivity index (χ4n) is 3.13. The number of benzene rings is 3. The van der Waals surface area contributed by atoms with Crippen LogP contribution in [0.2, 0.25) is 0 Å². The molecule has 4 nitrogen and oxygen atoms in total. The molecule has 3 aromatic carbocycles. The van der Waals surface area contributed by atoms with Crippen molar-refractivity contribution >= 4 is 33.9 Å². The van der Waals surface area contributed by atoms with Crippen molar-refractivity contribution in [1.29, 1.82) is 0 Å². The van der Waals surface area contributed by atoms with Crippen LogP contribution < -0.4 is 9.80 Å². The van der Waals surface area contributed by atoms with Crippen LogP contribution >= 0.6 is 0 Å². The second-order valence-corrected chi connectivity index (χ2v) is 7.85. The van der Waals surface area contributed by atoms with Gasteiger partial charge in [-0.3, -0.25) is 0 Å². The van der Waals surface area contributed by atoms with Crippen molar-refractivity contribution < 1.29 is 9.53 Å². The van der Waals surface area contributed by atoms with Crippen molar-refractivity contribution in [2.45, 2.75) is 33.3 Å². The van der Waals surface area contributed by atoms with E-state index in [2.05, 4.69) is 49.2 Å². The Hall–Kier alpha value is -3.01. The molecular weight excluding hydrogens is 348 g/mol. The minimum atomic E-state index is -0.575. The summed E-state index contributed by atoms with van der Waals surface area (Å²) in [7, 11) is 2.07. The highest BCUT2D eigenvalue weighted by molar-refractivity contribution is 6.02. The predicted octanol–water partition coefficient (Wildman–Crippen LogP) is 6.37. The van der Waals surface area contributed by atoms with E-state index in [1.165, 1.54) is 0 Å². The van der Waals surface area contributed by atoms with Gasteiger partial charge < -0.3 is 9.64 Å². The summed E-state index contributed by atoms with van der Waals surface area (Å²) in [6.45, 7) is 8.66. The molecule has 1 amide bonds. The van der Waals surface area contributed by atoms with E-state index in [1.807, 2.05) is 57.2 Å². The summed E-state index contributed by atoms with van der Waals surface area (Å²) in [5, 5.41) is 2.24. The summed E-state index contributed by atoms with van der Waals surface area (Å²) in [4.78, 5) is 16.9. The summed E-state index contributed by atoms with van der Waals surface area (Å²) in [6.07, 6.45) is -0.389. The number of rotatable bonds is 4. The molecule has 0 aromatic heterocycles. The summed E-state index contributed by atoms with van der Waals surface area (Å²) >= 11 is 0. The van der Waals surface area contributed by atoms with Gasteiger partial charge in [-0.25, -0.2) is 9.69 Å². The van der Waals surface area contributed by atoms with E-state index in [-0.39, 0.29) is 6.09 Å². The van der Waals surface area contributed by atoms with Gasteiger partial charge in [0.1, 0.15) is 5.60 Å². The maximum absolute atomic E-state index is 13.1. The van der Waals surface area contributed by atoms with Crippen molar-refractivity contribution in [2.24, 2.45) is 0 Å². The minimum absolute atomic E-state index is 0.389. The number of hydrogen-bond donors (Lipinski definition) is 0. The van der Waals surface area contributed by atoms with Crippen LogP contribution in [0, 0.1) is 0 Å². The summed E-state index contributed by atoms with van der Waals surface area (Å²) in [6, 6.07) is 21.9. The molecule has 0 atom stereocenters. The third kappa shape index (κ3) is 4.28. The maximum Gasteiger partial charge on any atom is 0.419 e. The van der Waals surface area contributed by atoms with Crippen LogP contribution in [0.3, 0.4) is 0 Å². The first kappa shape index (κ1) is 19.7. The van der Waals surface area contributed by atoms with Crippen molar-refractivity contribution in [3.63, 3.8) is 0 Å². The molecule has 146 valence electrons. The lowest BCUT2D eigenvalue weighted by Crippen LogP contribution is -2.33. The van der Waals surface area contributed by atoms with Crippen molar-refractivity contribution in [3.8, 4) is 0 Å². The maximum atomic E-state index is 13.1. The molecule has 0 N–H and O–H groups in total. The number of hydrogen-bond acceptors (Lipinski definition) is 3. The first-order valence-corrected chi connectivity index (χ1v) is 9.62. The van der Waals surface area contributed by atoms with Crippen LogP contribution in [0.1, 0.15) is 27.7 Å². The molecular formula is C24H28N2O2. The van der Waals surface area contributed by atoms with Crippen LogP contribution in [0.15, 0.2) is 66.7 Å². The van der Waals surface area contributed by atoms with Gasteiger partial charge >= 0.3 is 6.09 Å². The van der Waals surface area contributed by atoms with Crippen LogP contribution in [0.5, 0.6) is 0 Å². The zero-order valence-corrected chi connectivity index (χ0v) is 17.3. The number of fused-ring (bicyclic) bond motifs is 1. The Balaban J connectivity index is 2.14. The molecule has 28 heavy (non-hydrogen) atoms. The lowest BCUT2D eigenvalue weighted by Gasteiger charge is -2.28. The number of ether oxygens (including phenoxy) is 1. The molecule has 0 unspecified atom stereocenters. The molecule has 4 heteroatoms. The van der Waals surface area contributed by atoms with Gasteiger partial charge in [0.15, 0.2) is 0 Å². The number of para-hydroxylation sites is 1. The standard InChI is InChI=1S/C24H28N2O2/c1-6-25(5)22-14-10-11-18-15-16-20(17-21(18)22)26(19-12-8-7-9-13-19)23(27)28-24(2,3)4/h7-17H,6H2,1-5H3. The highest BCUT2D eigenvalue weighted by atomic mass is 16.6. The van der Waals surface area contributed by atoms with E-state index < -0.39 is 5.60 Å². The SMILES string of the molecule is CCN(C)c1cccc2ccc(N(C(=O)OC(C)(C)C)c3ccccc3)cc12.